The van der Waals surface area contributed by atoms with Gasteiger partial charge in [0.1, 0.15) is 5.75 Å². The third-order valence-electron chi connectivity index (χ3n) is 2.66. The first-order valence-corrected chi connectivity index (χ1v) is 6.68. The molecule has 0 amide bonds. The summed E-state index contributed by atoms with van der Waals surface area (Å²) in [7, 11) is 1.65. The van der Waals surface area contributed by atoms with E-state index >= 15 is 0 Å². The van der Waals surface area contributed by atoms with Gasteiger partial charge in [-0.3, -0.25) is 0 Å². The number of hydrogen-bond donors (Lipinski definition) is 1. The van der Waals surface area contributed by atoms with Crippen LogP contribution in [0.3, 0.4) is 0 Å². The normalized spacial score (nSPS) is 11.0. The Morgan fingerprint density at radius 2 is 1.89 bits per heavy atom. The minimum atomic E-state index is 0.480. The smallest absolute Gasteiger partial charge is 0.123 e. The zero-order valence-corrected chi connectivity index (χ0v) is 12.1. The Balaban J connectivity index is 2.29. The third kappa shape index (κ3) is 6.05. The maximum atomic E-state index is 5.63. The fourth-order valence-corrected chi connectivity index (χ4v) is 1.67. The van der Waals surface area contributed by atoms with E-state index in [2.05, 4.69) is 13.8 Å². The molecule has 0 radical (unpaired) electrons. The zero-order chi connectivity index (χ0) is 14.1. The van der Waals surface area contributed by atoms with Crippen LogP contribution in [-0.2, 0) is 22.6 Å². The number of benzene rings is 1. The van der Waals surface area contributed by atoms with E-state index in [1.165, 1.54) is 0 Å². The molecule has 4 heteroatoms. The molecule has 0 saturated heterocycles. The van der Waals surface area contributed by atoms with Crippen LogP contribution in [0, 0.1) is 5.92 Å². The van der Waals surface area contributed by atoms with Crippen LogP contribution in [-0.4, -0.2) is 26.9 Å². The Kier molecular flexibility index (Phi) is 7.48. The van der Waals surface area contributed by atoms with Gasteiger partial charge in [0.25, 0.3) is 0 Å². The predicted molar refractivity (Wildman–Crippen MR) is 76.2 cm³/mol. The molecule has 1 aromatic carbocycles. The lowest BCUT2D eigenvalue weighted by molar-refractivity contribution is 0.0314. The standard InChI is InChI=1S/C15H25NO3/c1-12(2)10-18-6-7-19-11-13-4-5-14(9-16)15(8-13)17-3/h4-5,8,12H,6-7,9-11,16H2,1-3H3. The maximum Gasteiger partial charge on any atom is 0.123 e. The number of hydrogen-bond acceptors (Lipinski definition) is 4. The number of methoxy groups -OCH3 is 1. The van der Waals surface area contributed by atoms with Crippen LogP contribution in [0.2, 0.25) is 0 Å². The van der Waals surface area contributed by atoms with Gasteiger partial charge in [0, 0.05) is 18.7 Å². The number of rotatable bonds is 9. The third-order valence-corrected chi connectivity index (χ3v) is 2.66. The van der Waals surface area contributed by atoms with Gasteiger partial charge < -0.3 is 19.9 Å². The van der Waals surface area contributed by atoms with Gasteiger partial charge in [-0.15, -0.1) is 0 Å². The molecule has 0 aliphatic rings. The predicted octanol–water partition coefficient (Wildman–Crippen LogP) is 2.34. The second-order valence-corrected chi connectivity index (χ2v) is 4.87. The Morgan fingerprint density at radius 1 is 1.16 bits per heavy atom. The first-order valence-electron chi connectivity index (χ1n) is 6.68. The quantitative estimate of drug-likeness (QED) is 0.698. The molecule has 0 saturated carbocycles. The van der Waals surface area contributed by atoms with Crippen LogP contribution in [0.25, 0.3) is 0 Å². The molecule has 0 heterocycles. The summed E-state index contributed by atoms with van der Waals surface area (Å²) in [6, 6.07) is 5.96. The molecule has 0 atom stereocenters. The van der Waals surface area contributed by atoms with Crippen molar-refractivity contribution in [3.8, 4) is 5.75 Å². The second kappa shape index (κ2) is 8.91. The van der Waals surface area contributed by atoms with Gasteiger partial charge in [0.15, 0.2) is 0 Å². The molecule has 108 valence electrons. The molecule has 4 nitrogen and oxygen atoms in total. The maximum absolute atomic E-state index is 5.63. The van der Waals surface area contributed by atoms with Crippen molar-refractivity contribution in [1.29, 1.82) is 0 Å². The van der Waals surface area contributed by atoms with Crippen molar-refractivity contribution < 1.29 is 14.2 Å². The zero-order valence-electron chi connectivity index (χ0n) is 12.1. The van der Waals surface area contributed by atoms with E-state index in [1.54, 1.807) is 7.11 Å². The number of ether oxygens (including phenoxy) is 3. The van der Waals surface area contributed by atoms with E-state index in [0.29, 0.717) is 32.3 Å². The highest BCUT2D eigenvalue weighted by Gasteiger charge is 2.03. The van der Waals surface area contributed by atoms with E-state index < -0.39 is 0 Å². The Hall–Kier alpha value is -1.10. The molecular weight excluding hydrogens is 242 g/mol. The van der Waals surface area contributed by atoms with E-state index in [0.717, 1.165) is 23.5 Å². The molecule has 1 rings (SSSR count). The average molecular weight is 267 g/mol. The molecular formula is C15H25NO3. The lowest BCUT2D eigenvalue weighted by atomic mass is 10.1. The topological polar surface area (TPSA) is 53.7 Å². The summed E-state index contributed by atoms with van der Waals surface area (Å²) in [6.07, 6.45) is 0. The first-order chi connectivity index (χ1) is 9.17. The van der Waals surface area contributed by atoms with Crippen LogP contribution in [0.1, 0.15) is 25.0 Å². The molecule has 1 aromatic rings. The second-order valence-electron chi connectivity index (χ2n) is 4.87. The summed E-state index contributed by atoms with van der Waals surface area (Å²) >= 11 is 0. The highest BCUT2D eigenvalue weighted by Crippen LogP contribution is 2.20. The SMILES string of the molecule is COc1cc(COCCOCC(C)C)ccc1CN. The van der Waals surface area contributed by atoms with E-state index in [9.17, 15) is 0 Å². The van der Waals surface area contributed by atoms with Gasteiger partial charge in [-0.05, 0) is 17.5 Å². The fourth-order valence-electron chi connectivity index (χ4n) is 1.67. The van der Waals surface area contributed by atoms with Crippen molar-refractivity contribution in [3.05, 3.63) is 29.3 Å². The number of nitrogens with two attached hydrogens (primary N) is 1. The van der Waals surface area contributed by atoms with Crippen molar-refractivity contribution in [2.75, 3.05) is 26.9 Å². The monoisotopic (exact) mass is 267 g/mol. The fraction of sp³-hybridized carbons (Fsp3) is 0.600. The van der Waals surface area contributed by atoms with Crippen LogP contribution in [0.5, 0.6) is 5.75 Å². The van der Waals surface area contributed by atoms with Crippen molar-refractivity contribution >= 4 is 0 Å². The summed E-state index contributed by atoms with van der Waals surface area (Å²) in [6.45, 7) is 7.32. The molecule has 0 bridgehead atoms. The summed E-state index contributed by atoms with van der Waals surface area (Å²) in [5.74, 6) is 1.38. The van der Waals surface area contributed by atoms with Crippen LogP contribution >= 0.6 is 0 Å². The van der Waals surface area contributed by atoms with Crippen molar-refractivity contribution in [2.24, 2.45) is 11.7 Å². The van der Waals surface area contributed by atoms with Gasteiger partial charge in [-0.2, -0.15) is 0 Å². The van der Waals surface area contributed by atoms with Gasteiger partial charge in [-0.1, -0.05) is 26.0 Å². The largest absolute Gasteiger partial charge is 0.496 e. The van der Waals surface area contributed by atoms with Gasteiger partial charge >= 0.3 is 0 Å². The molecule has 0 aromatic heterocycles. The van der Waals surface area contributed by atoms with Crippen LogP contribution < -0.4 is 10.5 Å². The first kappa shape index (κ1) is 16.0. The van der Waals surface area contributed by atoms with E-state index in [4.69, 9.17) is 19.9 Å². The molecule has 0 spiro atoms. The molecule has 2 N–H and O–H groups in total. The van der Waals surface area contributed by atoms with Crippen LogP contribution in [0.4, 0.5) is 0 Å². The molecule has 0 unspecified atom stereocenters. The van der Waals surface area contributed by atoms with Crippen molar-refractivity contribution in [1.82, 2.24) is 0 Å². The van der Waals surface area contributed by atoms with Gasteiger partial charge in [0.05, 0.1) is 26.9 Å². The minimum absolute atomic E-state index is 0.480. The lowest BCUT2D eigenvalue weighted by Crippen LogP contribution is -2.08. The van der Waals surface area contributed by atoms with Crippen molar-refractivity contribution in [3.63, 3.8) is 0 Å². The highest BCUT2D eigenvalue weighted by molar-refractivity contribution is 5.37. The van der Waals surface area contributed by atoms with E-state index in [1.807, 2.05) is 18.2 Å². The Bertz CT molecular complexity index is 366. The minimum Gasteiger partial charge on any atom is -0.496 e. The Labute approximate surface area is 115 Å². The van der Waals surface area contributed by atoms with Crippen LogP contribution in [0.15, 0.2) is 18.2 Å². The summed E-state index contributed by atoms with van der Waals surface area (Å²) < 4.78 is 16.3. The van der Waals surface area contributed by atoms with Crippen molar-refractivity contribution in [2.45, 2.75) is 27.0 Å². The average Bonchev–Trinajstić information content (AvgIpc) is 2.42. The lowest BCUT2D eigenvalue weighted by Gasteiger charge is -2.10. The summed E-state index contributed by atoms with van der Waals surface area (Å²) in [5, 5.41) is 0. The van der Waals surface area contributed by atoms with Gasteiger partial charge in [-0.25, -0.2) is 0 Å². The molecule has 0 aliphatic carbocycles. The summed E-state index contributed by atoms with van der Waals surface area (Å²) in [5.41, 5.74) is 7.72. The molecule has 0 aliphatic heterocycles. The molecule has 19 heavy (non-hydrogen) atoms. The summed E-state index contributed by atoms with van der Waals surface area (Å²) in [4.78, 5) is 0. The van der Waals surface area contributed by atoms with Gasteiger partial charge in [0.2, 0.25) is 0 Å². The molecule has 0 fully saturated rings. The van der Waals surface area contributed by atoms with E-state index in [-0.39, 0.29) is 0 Å². The highest BCUT2D eigenvalue weighted by atomic mass is 16.5. The Morgan fingerprint density at radius 3 is 2.53 bits per heavy atom.